The third-order valence-corrected chi connectivity index (χ3v) is 6.16. The lowest BCUT2D eigenvalue weighted by Crippen LogP contribution is -2.53. The summed E-state index contributed by atoms with van der Waals surface area (Å²) in [4.78, 5) is 38.5. The van der Waals surface area contributed by atoms with Crippen LogP contribution >= 0.6 is 11.6 Å². The van der Waals surface area contributed by atoms with E-state index in [0.29, 0.717) is 24.0 Å². The van der Waals surface area contributed by atoms with E-state index in [1.807, 2.05) is 24.3 Å². The molecule has 1 aliphatic rings. The summed E-state index contributed by atoms with van der Waals surface area (Å²) in [7, 11) is 0. The van der Waals surface area contributed by atoms with Crippen LogP contribution in [0.5, 0.6) is 0 Å². The zero-order valence-corrected chi connectivity index (χ0v) is 18.6. The topological polar surface area (TPSA) is 86.7 Å². The molecule has 0 aliphatic carbocycles. The number of carbonyl (C=O) groups excluding carboxylic acids is 2. The molecule has 2 aromatic carbocycles. The van der Waals surface area contributed by atoms with Crippen molar-refractivity contribution in [3.8, 4) is 0 Å². The highest BCUT2D eigenvalue weighted by Crippen LogP contribution is 2.42. The predicted molar refractivity (Wildman–Crippen MR) is 120 cm³/mol. The molecule has 1 fully saturated rings. The molecule has 1 heterocycles. The minimum Gasteiger partial charge on any atom is -0.478 e. The Morgan fingerprint density at radius 3 is 2.39 bits per heavy atom. The number of piperidine rings is 1. The van der Waals surface area contributed by atoms with E-state index in [4.69, 9.17) is 16.7 Å². The van der Waals surface area contributed by atoms with Crippen LogP contribution in [0.15, 0.2) is 48.5 Å². The van der Waals surface area contributed by atoms with Gasteiger partial charge >= 0.3 is 5.97 Å². The van der Waals surface area contributed by atoms with Gasteiger partial charge in [-0.1, -0.05) is 43.6 Å². The normalized spacial score (nSPS) is 18.8. The minimum absolute atomic E-state index is 0.0256. The van der Waals surface area contributed by atoms with Crippen molar-refractivity contribution in [2.24, 2.45) is 5.41 Å². The van der Waals surface area contributed by atoms with Crippen LogP contribution < -0.4 is 5.32 Å². The van der Waals surface area contributed by atoms with Crippen LogP contribution in [0.4, 0.5) is 0 Å². The van der Waals surface area contributed by atoms with Gasteiger partial charge in [0.2, 0.25) is 5.91 Å². The van der Waals surface area contributed by atoms with Gasteiger partial charge in [-0.25, -0.2) is 4.79 Å². The zero-order valence-electron chi connectivity index (χ0n) is 17.9. The average molecular weight is 443 g/mol. The number of nitrogens with one attached hydrogen (secondary N) is 1. The third kappa shape index (κ3) is 5.25. The SMILES string of the molecule is CC(NC(=O)c1cccc(C(=O)O)c1)C(=O)N1CCC(c2ccc(Cl)cc2)C(C)(C)C1. The largest absolute Gasteiger partial charge is 0.478 e. The maximum atomic E-state index is 13.0. The van der Waals surface area contributed by atoms with Crippen LogP contribution in [-0.4, -0.2) is 46.9 Å². The van der Waals surface area contributed by atoms with E-state index in [1.165, 1.54) is 29.8 Å². The van der Waals surface area contributed by atoms with Crippen LogP contribution in [0.25, 0.3) is 0 Å². The molecule has 0 saturated carbocycles. The summed E-state index contributed by atoms with van der Waals surface area (Å²) < 4.78 is 0. The fourth-order valence-corrected chi connectivity index (χ4v) is 4.39. The summed E-state index contributed by atoms with van der Waals surface area (Å²) in [6, 6.07) is 12.9. The van der Waals surface area contributed by atoms with E-state index in [9.17, 15) is 14.4 Å². The Hall–Kier alpha value is -2.86. The Labute approximate surface area is 187 Å². The van der Waals surface area contributed by atoms with Gasteiger partial charge in [-0.15, -0.1) is 0 Å². The smallest absolute Gasteiger partial charge is 0.335 e. The highest BCUT2D eigenvalue weighted by Gasteiger charge is 2.39. The second-order valence-electron chi connectivity index (χ2n) is 8.72. The van der Waals surface area contributed by atoms with Crippen LogP contribution in [0, 0.1) is 5.41 Å². The van der Waals surface area contributed by atoms with Crippen molar-refractivity contribution >= 4 is 29.4 Å². The maximum Gasteiger partial charge on any atom is 0.335 e. The monoisotopic (exact) mass is 442 g/mol. The van der Waals surface area contributed by atoms with Crippen molar-refractivity contribution < 1.29 is 19.5 Å². The lowest BCUT2D eigenvalue weighted by molar-refractivity contribution is -0.136. The lowest BCUT2D eigenvalue weighted by Gasteiger charge is -2.45. The molecule has 2 amide bonds. The van der Waals surface area contributed by atoms with E-state index in [-0.39, 0.29) is 22.4 Å². The Bertz CT molecular complexity index is 987. The fraction of sp³-hybridized carbons (Fsp3) is 0.375. The molecule has 0 bridgehead atoms. The highest BCUT2D eigenvalue weighted by atomic mass is 35.5. The number of hydrogen-bond donors (Lipinski definition) is 2. The summed E-state index contributed by atoms with van der Waals surface area (Å²) >= 11 is 6.01. The van der Waals surface area contributed by atoms with Gasteiger partial charge in [0.1, 0.15) is 6.04 Å². The summed E-state index contributed by atoms with van der Waals surface area (Å²) in [5.74, 6) is -1.42. The van der Waals surface area contributed by atoms with Gasteiger partial charge in [0.25, 0.3) is 5.91 Å². The molecule has 2 aromatic rings. The molecule has 0 radical (unpaired) electrons. The van der Waals surface area contributed by atoms with Gasteiger partial charge in [0.15, 0.2) is 0 Å². The van der Waals surface area contributed by atoms with Crippen molar-refractivity contribution in [1.82, 2.24) is 10.2 Å². The molecule has 0 spiro atoms. The third-order valence-electron chi connectivity index (χ3n) is 5.90. The van der Waals surface area contributed by atoms with E-state index >= 15 is 0 Å². The molecule has 2 unspecified atom stereocenters. The minimum atomic E-state index is -1.11. The number of halogens is 1. The number of likely N-dealkylation sites (tertiary alicyclic amines) is 1. The molecule has 1 aliphatic heterocycles. The van der Waals surface area contributed by atoms with Crippen LogP contribution in [0.3, 0.4) is 0 Å². The van der Waals surface area contributed by atoms with Crippen LogP contribution in [-0.2, 0) is 4.79 Å². The van der Waals surface area contributed by atoms with E-state index in [2.05, 4.69) is 19.2 Å². The van der Waals surface area contributed by atoms with Gasteiger partial charge in [0, 0.05) is 23.7 Å². The molecule has 2 atom stereocenters. The molecule has 31 heavy (non-hydrogen) atoms. The summed E-state index contributed by atoms with van der Waals surface area (Å²) in [6.07, 6.45) is 0.821. The number of nitrogens with zero attached hydrogens (tertiary/aromatic N) is 1. The number of carboxylic acids is 1. The molecule has 7 heteroatoms. The molecule has 0 aromatic heterocycles. The first-order chi connectivity index (χ1) is 14.6. The second-order valence-corrected chi connectivity index (χ2v) is 9.16. The quantitative estimate of drug-likeness (QED) is 0.726. The van der Waals surface area contributed by atoms with Crippen LogP contribution in [0.2, 0.25) is 5.02 Å². The number of carboxylic acid groups (broad SMARTS) is 1. The van der Waals surface area contributed by atoms with Crippen molar-refractivity contribution in [3.63, 3.8) is 0 Å². The lowest BCUT2D eigenvalue weighted by atomic mass is 9.70. The van der Waals surface area contributed by atoms with E-state index < -0.39 is 17.9 Å². The Morgan fingerprint density at radius 2 is 1.77 bits per heavy atom. The predicted octanol–water partition coefficient (Wildman–Crippen LogP) is 4.20. The summed E-state index contributed by atoms with van der Waals surface area (Å²) in [5, 5.41) is 12.5. The Morgan fingerprint density at radius 1 is 1.13 bits per heavy atom. The van der Waals surface area contributed by atoms with Crippen molar-refractivity contribution in [2.75, 3.05) is 13.1 Å². The zero-order chi connectivity index (χ0) is 22.8. The van der Waals surface area contributed by atoms with Crippen molar-refractivity contribution in [3.05, 3.63) is 70.2 Å². The number of aromatic carboxylic acids is 1. The van der Waals surface area contributed by atoms with Gasteiger partial charge in [-0.05, 0) is 60.6 Å². The number of amides is 2. The molecule has 3 rings (SSSR count). The molecular formula is C24H27ClN2O4. The number of benzene rings is 2. The Balaban J connectivity index is 1.65. The molecule has 6 nitrogen and oxygen atoms in total. The Kier molecular flexibility index (Phi) is 6.70. The number of carbonyl (C=O) groups is 3. The first kappa shape index (κ1) is 22.8. The molecule has 1 saturated heterocycles. The molecule has 2 N–H and O–H groups in total. The molecular weight excluding hydrogens is 416 g/mol. The van der Waals surface area contributed by atoms with Crippen molar-refractivity contribution in [2.45, 2.75) is 39.2 Å². The summed E-state index contributed by atoms with van der Waals surface area (Å²) in [6.45, 7) is 7.12. The highest BCUT2D eigenvalue weighted by molar-refractivity contribution is 6.30. The number of rotatable bonds is 5. The standard InChI is InChI=1S/C24H27ClN2O4/c1-15(26-21(28)17-5-4-6-18(13-17)23(30)31)22(29)27-12-11-20(24(2,3)14-27)16-7-9-19(25)10-8-16/h4-10,13,15,20H,11-12,14H2,1-3H3,(H,26,28)(H,30,31). The molecule has 164 valence electrons. The van der Waals surface area contributed by atoms with Gasteiger partial charge in [0.05, 0.1) is 5.56 Å². The first-order valence-corrected chi connectivity index (χ1v) is 10.6. The van der Waals surface area contributed by atoms with E-state index in [1.54, 1.807) is 11.8 Å². The number of hydrogen-bond acceptors (Lipinski definition) is 3. The fourth-order valence-electron chi connectivity index (χ4n) is 4.27. The van der Waals surface area contributed by atoms with E-state index in [0.717, 1.165) is 6.42 Å². The maximum absolute atomic E-state index is 13.0. The summed E-state index contributed by atoms with van der Waals surface area (Å²) in [5.41, 5.74) is 1.31. The average Bonchev–Trinajstić information content (AvgIpc) is 2.73. The second kappa shape index (κ2) is 9.10. The van der Waals surface area contributed by atoms with Crippen molar-refractivity contribution in [1.29, 1.82) is 0 Å². The van der Waals surface area contributed by atoms with Gasteiger partial charge in [-0.2, -0.15) is 0 Å². The first-order valence-electron chi connectivity index (χ1n) is 10.3. The van der Waals surface area contributed by atoms with Gasteiger partial charge < -0.3 is 15.3 Å². The van der Waals surface area contributed by atoms with Gasteiger partial charge in [-0.3, -0.25) is 9.59 Å². The van der Waals surface area contributed by atoms with Crippen LogP contribution in [0.1, 0.15) is 59.4 Å².